The molecule has 0 bridgehead atoms. The van der Waals surface area contributed by atoms with Crippen LogP contribution in [-0.4, -0.2) is 31.6 Å². The molecule has 1 N–H and O–H groups in total. The van der Waals surface area contributed by atoms with Crippen LogP contribution in [0.15, 0.2) is 34.9 Å². The molecule has 2 heterocycles. The lowest BCUT2D eigenvalue weighted by molar-refractivity contribution is 0.277. The third kappa shape index (κ3) is 3.03. The summed E-state index contributed by atoms with van der Waals surface area (Å²) in [5.41, 5.74) is 2.61. The van der Waals surface area contributed by atoms with Gasteiger partial charge in [0.1, 0.15) is 11.5 Å². The van der Waals surface area contributed by atoms with E-state index in [-0.39, 0.29) is 6.61 Å². The zero-order valence-electron chi connectivity index (χ0n) is 13.4. The van der Waals surface area contributed by atoms with Crippen molar-refractivity contribution in [2.75, 3.05) is 6.61 Å². The quantitative estimate of drug-likeness (QED) is 0.757. The molecule has 3 aromatic rings. The van der Waals surface area contributed by atoms with Crippen molar-refractivity contribution in [2.24, 2.45) is 0 Å². The zero-order valence-corrected chi connectivity index (χ0v) is 13.4. The van der Waals surface area contributed by atoms with Crippen LogP contribution in [0.25, 0.3) is 22.6 Å². The Morgan fingerprint density at radius 2 is 2.00 bits per heavy atom. The van der Waals surface area contributed by atoms with Crippen LogP contribution in [-0.2, 0) is 13.0 Å². The van der Waals surface area contributed by atoms with E-state index in [1.54, 1.807) is 0 Å². The number of aromatic nitrogens is 4. The van der Waals surface area contributed by atoms with Crippen molar-refractivity contribution in [3.05, 3.63) is 41.9 Å². The average Bonchev–Trinajstić information content (AvgIpc) is 3.16. The fraction of sp³-hybridized carbons (Fsp3) is 0.353. The predicted octanol–water partition coefficient (Wildman–Crippen LogP) is 2.85. The molecule has 0 aliphatic heterocycles. The second kappa shape index (κ2) is 6.75. The average molecular weight is 312 g/mol. The lowest BCUT2D eigenvalue weighted by atomic mass is 10.1. The SMILES string of the molecule is CCc1nc(-c2c(-c3ccccc3)noc2C)n(CCCO)n1. The summed E-state index contributed by atoms with van der Waals surface area (Å²) in [7, 11) is 0. The van der Waals surface area contributed by atoms with Gasteiger partial charge >= 0.3 is 0 Å². The molecule has 0 radical (unpaired) electrons. The fourth-order valence-corrected chi connectivity index (χ4v) is 2.53. The first-order chi connectivity index (χ1) is 11.2. The van der Waals surface area contributed by atoms with Gasteiger partial charge in [0.25, 0.3) is 0 Å². The highest BCUT2D eigenvalue weighted by Gasteiger charge is 2.22. The Hall–Kier alpha value is -2.47. The van der Waals surface area contributed by atoms with Gasteiger partial charge in [0, 0.05) is 25.1 Å². The van der Waals surface area contributed by atoms with Crippen LogP contribution >= 0.6 is 0 Å². The van der Waals surface area contributed by atoms with Crippen LogP contribution in [0.3, 0.4) is 0 Å². The molecule has 23 heavy (non-hydrogen) atoms. The van der Waals surface area contributed by atoms with Crippen LogP contribution in [0.5, 0.6) is 0 Å². The van der Waals surface area contributed by atoms with Gasteiger partial charge in [-0.3, -0.25) is 0 Å². The highest BCUT2D eigenvalue weighted by Crippen LogP contribution is 2.33. The third-order valence-electron chi connectivity index (χ3n) is 3.69. The number of aliphatic hydroxyl groups excluding tert-OH is 1. The molecule has 1 aromatic carbocycles. The van der Waals surface area contributed by atoms with Crippen molar-refractivity contribution in [1.29, 1.82) is 0 Å². The summed E-state index contributed by atoms with van der Waals surface area (Å²) in [5, 5.41) is 17.8. The van der Waals surface area contributed by atoms with Gasteiger partial charge in [-0.1, -0.05) is 42.4 Å². The Morgan fingerprint density at radius 1 is 1.22 bits per heavy atom. The maximum absolute atomic E-state index is 9.11. The second-order valence-corrected chi connectivity index (χ2v) is 5.33. The molecule has 0 fully saturated rings. The highest BCUT2D eigenvalue weighted by molar-refractivity contribution is 5.78. The van der Waals surface area contributed by atoms with E-state index in [4.69, 9.17) is 9.63 Å². The molecule has 0 spiro atoms. The van der Waals surface area contributed by atoms with Gasteiger partial charge in [-0.05, 0) is 13.3 Å². The normalized spacial score (nSPS) is 11.1. The number of benzene rings is 1. The van der Waals surface area contributed by atoms with Crippen molar-refractivity contribution >= 4 is 0 Å². The summed E-state index contributed by atoms with van der Waals surface area (Å²) in [6.07, 6.45) is 1.38. The van der Waals surface area contributed by atoms with E-state index in [1.807, 2.05) is 48.9 Å². The molecule has 0 unspecified atom stereocenters. The predicted molar refractivity (Wildman–Crippen MR) is 86.8 cm³/mol. The number of hydrogen-bond donors (Lipinski definition) is 1. The van der Waals surface area contributed by atoms with Gasteiger partial charge in [-0.15, -0.1) is 0 Å². The van der Waals surface area contributed by atoms with Gasteiger partial charge in [0.05, 0.1) is 5.56 Å². The molecule has 3 rings (SSSR count). The van der Waals surface area contributed by atoms with Crippen LogP contribution in [0, 0.1) is 6.92 Å². The van der Waals surface area contributed by atoms with E-state index < -0.39 is 0 Å². The zero-order chi connectivity index (χ0) is 16.2. The van der Waals surface area contributed by atoms with Gasteiger partial charge in [-0.25, -0.2) is 9.67 Å². The summed E-state index contributed by atoms with van der Waals surface area (Å²) < 4.78 is 7.26. The molecule has 0 saturated heterocycles. The summed E-state index contributed by atoms with van der Waals surface area (Å²) >= 11 is 0. The summed E-state index contributed by atoms with van der Waals surface area (Å²) in [4.78, 5) is 4.64. The lowest BCUT2D eigenvalue weighted by Crippen LogP contribution is -2.05. The molecule has 2 aromatic heterocycles. The first-order valence-corrected chi connectivity index (χ1v) is 7.81. The van der Waals surface area contributed by atoms with Crippen molar-refractivity contribution in [1.82, 2.24) is 19.9 Å². The minimum absolute atomic E-state index is 0.120. The molecule has 6 heteroatoms. The fourth-order valence-electron chi connectivity index (χ4n) is 2.53. The largest absolute Gasteiger partial charge is 0.396 e. The number of hydrogen-bond acceptors (Lipinski definition) is 5. The monoisotopic (exact) mass is 312 g/mol. The summed E-state index contributed by atoms with van der Waals surface area (Å²) in [5.74, 6) is 2.23. The second-order valence-electron chi connectivity index (χ2n) is 5.33. The highest BCUT2D eigenvalue weighted by atomic mass is 16.5. The van der Waals surface area contributed by atoms with Crippen LogP contribution in [0.1, 0.15) is 24.9 Å². The lowest BCUT2D eigenvalue weighted by Gasteiger charge is -2.05. The minimum atomic E-state index is 0.120. The molecule has 6 nitrogen and oxygen atoms in total. The van der Waals surface area contributed by atoms with E-state index in [0.29, 0.717) is 18.7 Å². The van der Waals surface area contributed by atoms with Crippen molar-refractivity contribution in [3.8, 4) is 22.6 Å². The van der Waals surface area contributed by atoms with Gasteiger partial charge in [-0.2, -0.15) is 5.10 Å². The molecule has 0 aliphatic carbocycles. The summed E-state index contributed by atoms with van der Waals surface area (Å²) in [6, 6.07) is 9.90. The molecular formula is C17H20N4O2. The van der Waals surface area contributed by atoms with E-state index >= 15 is 0 Å². The first kappa shape index (κ1) is 15.4. The third-order valence-corrected chi connectivity index (χ3v) is 3.69. The minimum Gasteiger partial charge on any atom is -0.396 e. The molecule has 0 atom stereocenters. The van der Waals surface area contributed by atoms with Crippen molar-refractivity contribution in [2.45, 2.75) is 33.2 Å². The van der Waals surface area contributed by atoms with Crippen molar-refractivity contribution in [3.63, 3.8) is 0 Å². The Labute approximate surface area is 134 Å². The molecule has 0 amide bonds. The van der Waals surface area contributed by atoms with Gasteiger partial charge in [0.15, 0.2) is 11.6 Å². The Kier molecular flexibility index (Phi) is 4.52. The van der Waals surface area contributed by atoms with Crippen LogP contribution in [0.2, 0.25) is 0 Å². The Morgan fingerprint density at radius 3 is 2.70 bits per heavy atom. The van der Waals surface area contributed by atoms with E-state index in [9.17, 15) is 0 Å². The number of aryl methyl sites for hydroxylation is 3. The first-order valence-electron chi connectivity index (χ1n) is 7.81. The van der Waals surface area contributed by atoms with Gasteiger partial charge in [0.2, 0.25) is 0 Å². The topological polar surface area (TPSA) is 77.0 Å². The van der Waals surface area contributed by atoms with E-state index in [1.165, 1.54) is 0 Å². The standard InChI is InChI=1S/C17H20N4O2/c1-3-14-18-17(21(19-14)10-7-11-22)15-12(2)23-20-16(15)13-8-5-4-6-9-13/h4-6,8-9,22H,3,7,10-11H2,1-2H3. The maximum Gasteiger partial charge on any atom is 0.164 e. The summed E-state index contributed by atoms with van der Waals surface area (Å²) in [6.45, 7) is 4.63. The van der Waals surface area contributed by atoms with E-state index in [2.05, 4.69) is 15.2 Å². The molecular weight excluding hydrogens is 292 g/mol. The van der Waals surface area contributed by atoms with Gasteiger partial charge < -0.3 is 9.63 Å². The number of nitrogens with zero attached hydrogens (tertiary/aromatic N) is 4. The van der Waals surface area contributed by atoms with Crippen molar-refractivity contribution < 1.29 is 9.63 Å². The van der Waals surface area contributed by atoms with Crippen LogP contribution < -0.4 is 0 Å². The van der Waals surface area contributed by atoms with Crippen LogP contribution in [0.4, 0.5) is 0 Å². The number of aliphatic hydroxyl groups is 1. The Balaban J connectivity index is 2.12. The smallest absolute Gasteiger partial charge is 0.164 e. The molecule has 0 aliphatic rings. The van der Waals surface area contributed by atoms with E-state index in [0.717, 1.165) is 34.9 Å². The molecule has 0 saturated carbocycles. The maximum atomic E-state index is 9.11. The Bertz CT molecular complexity index is 777. The molecule has 120 valence electrons. The number of rotatable bonds is 6.